The van der Waals surface area contributed by atoms with Crippen LogP contribution < -0.4 is 0 Å². The second-order valence-corrected chi connectivity index (χ2v) is 2.02. The molecule has 0 saturated heterocycles. The van der Waals surface area contributed by atoms with E-state index in [0.717, 1.165) is 0 Å². The number of ether oxygens (including phenoxy) is 2. The zero-order valence-corrected chi connectivity index (χ0v) is 7.16. The van der Waals surface area contributed by atoms with E-state index in [1.165, 1.54) is 6.08 Å². The van der Waals surface area contributed by atoms with Gasteiger partial charge in [0.25, 0.3) is 0 Å². The molecule has 0 aliphatic rings. The van der Waals surface area contributed by atoms with Gasteiger partial charge in [0.1, 0.15) is 19.5 Å². The fourth-order valence-corrected chi connectivity index (χ4v) is 0.418. The molecule has 0 bridgehead atoms. The van der Waals surface area contributed by atoms with E-state index < -0.39 is 24.4 Å². The Hall–Kier alpha value is -1.72. The van der Waals surface area contributed by atoms with Gasteiger partial charge in [-0.2, -0.15) is 0 Å². The van der Waals surface area contributed by atoms with Crippen LogP contribution in [0.2, 0.25) is 0 Å². The SMILES string of the molecule is C=CCOC(=O)C(=O)OC/C(F)=C\F. The molecular weight excluding hydrogens is 198 g/mol. The predicted octanol–water partition coefficient (Wildman–Crippen LogP) is 1.04. The maximum atomic E-state index is 12.0. The largest absolute Gasteiger partial charge is 0.453 e. The third-order valence-corrected chi connectivity index (χ3v) is 0.958. The van der Waals surface area contributed by atoms with Crippen LogP contribution in [0.1, 0.15) is 0 Å². The Labute approximate surface area is 78.8 Å². The zero-order valence-electron chi connectivity index (χ0n) is 7.16. The van der Waals surface area contributed by atoms with Crippen LogP contribution in [0.15, 0.2) is 24.8 Å². The van der Waals surface area contributed by atoms with E-state index in [-0.39, 0.29) is 12.9 Å². The minimum Gasteiger partial charge on any atom is -0.453 e. The molecule has 0 N–H and O–H groups in total. The summed E-state index contributed by atoms with van der Waals surface area (Å²) in [4.78, 5) is 21.2. The van der Waals surface area contributed by atoms with Gasteiger partial charge in [-0.05, 0) is 0 Å². The topological polar surface area (TPSA) is 52.6 Å². The van der Waals surface area contributed by atoms with Crippen LogP contribution in [0.4, 0.5) is 8.78 Å². The van der Waals surface area contributed by atoms with E-state index >= 15 is 0 Å². The molecule has 0 aliphatic carbocycles. The third-order valence-electron chi connectivity index (χ3n) is 0.958. The van der Waals surface area contributed by atoms with Crippen LogP contribution in [0, 0.1) is 0 Å². The molecule has 0 heterocycles. The zero-order chi connectivity index (χ0) is 11.0. The average molecular weight is 206 g/mol. The Bertz CT molecular complexity index is 260. The lowest BCUT2D eigenvalue weighted by atomic mass is 10.6. The average Bonchev–Trinajstić information content (AvgIpc) is 2.21. The van der Waals surface area contributed by atoms with Gasteiger partial charge in [-0.25, -0.2) is 18.4 Å². The highest BCUT2D eigenvalue weighted by Crippen LogP contribution is 1.97. The van der Waals surface area contributed by atoms with Gasteiger partial charge in [0, 0.05) is 0 Å². The Kier molecular flexibility index (Phi) is 5.93. The van der Waals surface area contributed by atoms with Crippen molar-refractivity contribution in [2.45, 2.75) is 0 Å². The number of esters is 2. The number of halogens is 2. The Balaban J connectivity index is 3.84. The van der Waals surface area contributed by atoms with Crippen molar-refractivity contribution in [1.29, 1.82) is 0 Å². The molecule has 0 aromatic carbocycles. The number of rotatable bonds is 4. The molecule has 0 fully saturated rings. The first-order valence-electron chi connectivity index (χ1n) is 3.51. The first-order valence-corrected chi connectivity index (χ1v) is 3.51. The molecule has 0 aromatic heterocycles. The van der Waals surface area contributed by atoms with Crippen LogP contribution in [-0.4, -0.2) is 25.2 Å². The fraction of sp³-hybridized carbons (Fsp3) is 0.250. The van der Waals surface area contributed by atoms with Crippen molar-refractivity contribution in [2.24, 2.45) is 0 Å². The molecular formula is C8H8F2O4. The summed E-state index contributed by atoms with van der Waals surface area (Å²) in [5.41, 5.74) is 0. The van der Waals surface area contributed by atoms with Crippen molar-refractivity contribution in [3.63, 3.8) is 0 Å². The second kappa shape index (κ2) is 6.76. The number of hydrogen-bond donors (Lipinski definition) is 0. The molecule has 0 amide bonds. The normalized spacial score (nSPS) is 10.6. The summed E-state index contributed by atoms with van der Waals surface area (Å²) in [5.74, 6) is -3.96. The van der Waals surface area contributed by atoms with Gasteiger partial charge in [0.05, 0.1) is 0 Å². The molecule has 0 atom stereocenters. The van der Waals surface area contributed by atoms with E-state index in [2.05, 4.69) is 16.1 Å². The van der Waals surface area contributed by atoms with Crippen molar-refractivity contribution in [1.82, 2.24) is 0 Å². The lowest BCUT2D eigenvalue weighted by Gasteiger charge is -2.01. The van der Waals surface area contributed by atoms with Gasteiger partial charge in [-0.1, -0.05) is 12.7 Å². The molecule has 14 heavy (non-hydrogen) atoms. The molecule has 0 saturated carbocycles. The highest BCUT2D eigenvalue weighted by atomic mass is 19.2. The maximum absolute atomic E-state index is 12.0. The molecule has 0 aromatic rings. The van der Waals surface area contributed by atoms with Crippen molar-refractivity contribution in [3.8, 4) is 0 Å². The summed E-state index contributed by atoms with van der Waals surface area (Å²) in [6, 6.07) is 0. The quantitative estimate of drug-likeness (QED) is 0.391. The van der Waals surface area contributed by atoms with Crippen LogP contribution in [0.25, 0.3) is 0 Å². The summed E-state index contributed by atoms with van der Waals surface area (Å²) in [6.07, 6.45) is 0.871. The minimum atomic E-state index is -1.39. The number of carbonyl (C=O) groups is 2. The molecule has 6 heteroatoms. The van der Waals surface area contributed by atoms with Gasteiger partial charge in [0.2, 0.25) is 0 Å². The van der Waals surface area contributed by atoms with E-state index in [1.807, 2.05) is 0 Å². The first kappa shape index (κ1) is 12.3. The van der Waals surface area contributed by atoms with Crippen LogP contribution in [0.3, 0.4) is 0 Å². The number of hydrogen-bond acceptors (Lipinski definition) is 4. The van der Waals surface area contributed by atoms with E-state index in [1.54, 1.807) is 0 Å². The summed E-state index contributed by atoms with van der Waals surface area (Å²) in [5, 5.41) is 0. The summed E-state index contributed by atoms with van der Waals surface area (Å²) in [7, 11) is 0. The standard InChI is InChI=1S/C8H8F2O4/c1-2-3-13-7(11)8(12)14-5-6(10)4-9/h2,4H,1,3,5H2/b6-4+. The smallest absolute Gasteiger partial charge is 0.417 e. The van der Waals surface area contributed by atoms with Gasteiger partial charge in [-0.3, -0.25) is 0 Å². The minimum absolute atomic E-state index is 0.157. The Morgan fingerprint density at radius 3 is 2.36 bits per heavy atom. The molecule has 78 valence electrons. The highest BCUT2D eigenvalue weighted by Gasteiger charge is 2.17. The Morgan fingerprint density at radius 1 is 1.29 bits per heavy atom. The third kappa shape index (κ3) is 5.02. The molecule has 0 rings (SSSR count). The molecule has 4 nitrogen and oxygen atoms in total. The summed E-state index contributed by atoms with van der Waals surface area (Å²) >= 11 is 0. The van der Waals surface area contributed by atoms with Crippen molar-refractivity contribution in [3.05, 3.63) is 24.8 Å². The van der Waals surface area contributed by atoms with Crippen LogP contribution in [-0.2, 0) is 19.1 Å². The van der Waals surface area contributed by atoms with E-state index in [9.17, 15) is 18.4 Å². The Morgan fingerprint density at radius 2 is 1.86 bits per heavy atom. The first-order chi connectivity index (χ1) is 6.61. The van der Waals surface area contributed by atoms with Gasteiger partial charge in [-0.15, -0.1) is 0 Å². The summed E-state index contributed by atoms with van der Waals surface area (Å²) < 4.78 is 31.7. The summed E-state index contributed by atoms with van der Waals surface area (Å²) in [6.45, 7) is 2.14. The molecule has 0 unspecified atom stereocenters. The van der Waals surface area contributed by atoms with Gasteiger partial charge in [0.15, 0.2) is 5.83 Å². The monoisotopic (exact) mass is 206 g/mol. The predicted molar refractivity (Wildman–Crippen MR) is 42.4 cm³/mol. The van der Waals surface area contributed by atoms with Gasteiger partial charge < -0.3 is 9.47 Å². The number of carbonyl (C=O) groups excluding carboxylic acids is 2. The molecule has 0 aliphatic heterocycles. The second-order valence-electron chi connectivity index (χ2n) is 2.02. The lowest BCUT2D eigenvalue weighted by Crippen LogP contribution is -2.21. The highest BCUT2D eigenvalue weighted by molar-refractivity contribution is 6.29. The fourth-order valence-electron chi connectivity index (χ4n) is 0.418. The maximum Gasteiger partial charge on any atom is 0.417 e. The lowest BCUT2D eigenvalue weighted by molar-refractivity contribution is -0.166. The molecule has 0 spiro atoms. The van der Waals surface area contributed by atoms with Crippen molar-refractivity contribution >= 4 is 11.9 Å². The van der Waals surface area contributed by atoms with Crippen LogP contribution >= 0.6 is 0 Å². The van der Waals surface area contributed by atoms with Crippen molar-refractivity contribution < 1.29 is 27.8 Å². The molecule has 0 radical (unpaired) electrons. The van der Waals surface area contributed by atoms with Crippen LogP contribution in [0.5, 0.6) is 0 Å². The van der Waals surface area contributed by atoms with E-state index in [4.69, 9.17) is 0 Å². The van der Waals surface area contributed by atoms with Crippen molar-refractivity contribution in [2.75, 3.05) is 13.2 Å². The van der Waals surface area contributed by atoms with E-state index in [0.29, 0.717) is 0 Å². The van der Waals surface area contributed by atoms with Gasteiger partial charge >= 0.3 is 11.9 Å².